The number of benzene rings is 1. The maximum absolute atomic E-state index is 13.0. The summed E-state index contributed by atoms with van der Waals surface area (Å²) in [5.74, 6) is 0.119. The van der Waals surface area contributed by atoms with Gasteiger partial charge in [0.2, 0.25) is 0 Å². The number of carbonyl (C=O) groups excluding carboxylic acids is 1. The van der Waals surface area contributed by atoms with Gasteiger partial charge in [0.15, 0.2) is 5.78 Å². The van der Waals surface area contributed by atoms with Crippen LogP contribution >= 0.6 is 0 Å². The Kier molecular flexibility index (Phi) is 1.79. The Balaban J connectivity index is 2.63. The van der Waals surface area contributed by atoms with E-state index in [-0.39, 0.29) is 11.6 Å². The van der Waals surface area contributed by atoms with Crippen LogP contribution in [0.3, 0.4) is 0 Å². The van der Waals surface area contributed by atoms with E-state index in [9.17, 15) is 9.18 Å². The number of ketones is 1. The van der Waals surface area contributed by atoms with Gasteiger partial charge in [0.25, 0.3) is 0 Å². The highest BCUT2D eigenvalue weighted by Crippen LogP contribution is 2.29. The first kappa shape index (κ1) is 8.23. The van der Waals surface area contributed by atoms with Crippen LogP contribution in [0.25, 0.3) is 0 Å². The second-order valence-electron chi connectivity index (χ2n) is 3.07. The number of hydrogen-bond acceptors (Lipinski definition) is 2. The lowest BCUT2D eigenvalue weighted by atomic mass is 10.0. The second kappa shape index (κ2) is 2.83. The molecule has 1 aliphatic rings. The van der Waals surface area contributed by atoms with Gasteiger partial charge in [-0.1, -0.05) is 0 Å². The van der Waals surface area contributed by atoms with Crippen molar-refractivity contribution >= 4 is 5.78 Å². The summed E-state index contributed by atoms with van der Waals surface area (Å²) in [7, 11) is 0. The normalized spacial score (nSPS) is 15.1. The summed E-state index contributed by atoms with van der Waals surface area (Å²) >= 11 is 0. The summed E-state index contributed by atoms with van der Waals surface area (Å²) in [5, 5.41) is 0. The molecular formula is C10H9FO2. The van der Waals surface area contributed by atoms with Crippen molar-refractivity contribution in [2.45, 2.75) is 13.3 Å². The molecule has 0 N–H and O–H groups in total. The van der Waals surface area contributed by atoms with Crippen LogP contribution in [0.2, 0.25) is 0 Å². The van der Waals surface area contributed by atoms with E-state index in [1.165, 1.54) is 12.1 Å². The highest BCUT2D eigenvalue weighted by Gasteiger charge is 2.21. The molecule has 68 valence electrons. The van der Waals surface area contributed by atoms with Gasteiger partial charge in [0.1, 0.15) is 11.6 Å². The smallest absolute Gasteiger partial charge is 0.170 e. The molecule has 1 aliphatic heterocycles. The van der Waals surface area contributed by atoms with Gasteiger partial charge in [-0.2, -0.15) is 0 Å². The molecular weight excluding hydrogens is 171 g/mol. The first-order chi connectivity index (χ1) is 6.20. The van der Waals surface area contributed by atoms with Gasteiger partial charge in [-0.3, -0.25) is 4.79 Å². The van der Waals surface area contributed by atoms with E-state index in [1.54, 1.807) is 6.92 Å². The minimum Gasteiger partial charge on any atom is -0.492 e. The summed E-state index contributed by atoms with van der Waals surface area (Å²) in [6.45, 7) is 1.98. The lowest BCUT2D eigenvalue weighted by Gasteiger charge is -2.18. The number of ether oxygens (including phenoxy) is 1. The van der Waals surface area contributed by atoms with Gasteiger partial charge >= 0.3 is 0 Å². The van der Waals surface area contributed by atoms with E-state index < -0.39 is 0 Å². The molecule has 0 saturated heterocycles. The Bertz CT molecular complexity index is 371. The highest BCUT2D eigenvalue weighted by atomic mass is 19.1. The van der Waals surface area contributed by atoms with E-state index in [0.717, 1.165) is 0 Å². The fourth-order valence-electron chi connectivity index (χ4n) is 1.45. The molecule has 1 aromatic carbocycles. The van der Waals surface area contributed by atoms with E-state index in [4.69, 9.17) is 4.74 Å². The van der Waals surface area contributed by atoms with Crippen LogP contribution in [0.1, 0.15) is 22.3 Å². The number of fused-ring (bicyclic) bond motifs is 1. The van der Waals surface area contributed by atoms with Crippen molar-refractivity contribution in [1.82, 2.24) is 0 Å². The number of carbonyl (C=O) groups is 1. The van der Waals surface area contributed by atoms with Crippen LogP contribution in [0.5, 0.6) is 5.75 Å². The maximum Gasteiger partial charge on any atom is 0.170 e. The lowest BCUT2D eigenvalue weighted by Crippen LogP contribution is -2.16. The Morgan fingerprint density at radius 1 is 1.46 bits per heavy atom. The van der Waals surface area contributed by atoms with Crippen molar-refractivity contribution in [3.63, 3.8) is 0 Å². The molecule has 0 unspecified atom stereocenters. The summed E-state index contributed by atoms with van der Waals surface area (Å²) in [6, 6.07) is 2.79. The Labute approximate surface area is 75.3 Å². The van der Waals surface area contributed by atoms with Crippen molar-refractivity contribution in [3.05, 3.63) is 29.1 Å². The number of Topliss-reactive ketones (excluding diaryl/α,β-unsaturated/α-hetero) is 1. The molecule has 0 saturated carbocycles. The summed E-state index contributed by atoms with van der Waals surface area (Å²) in [4.78, 5) is 11.3. The Morgan fingerprint density at radius 2 is 2.23 bits per heavy atom. The van der Waals surface area contributed by atoms with Crippen molar-refractivity contribution in [2.75, 3.05) is 6.61 Å². The molecule has 0 amide bonds. The minimum atomic E-state index is -0.326. The molecule has 0 spiro atoms. The van der Waals surface area contributed by atoms with Crippen molar-refractivity contribution in [1.29, 1.82) is 0 Å². The molecule has 0 aliphatic carbocycles. The summed E-state index contributed by atoms with van der Waals surface area (Å²) in [5.41, 5.74) is 0.927. The van der Waals surface area contributed by atoms with Crippen molar-refractivity contribution in [2.24, 2.45) is 0 Å². The van der Waals surface area contributed by atoms with Gasteiger partial charge in [0, 0.05) is 12.0 Å². The first-order valence-electron chi connectivity index (χ1n) is 4.15. The molecule has 0 bridgehead atoms. The van der Waals surface area contributed by atoms with Crippen LogP contribution in [-0.4, -0.2) is 12.4 Å². The first-order valence-corrected chi connectivity index (χ1v) is 4.15. The van der Waals surface area contributed by atoms with Gasteiger partial charge in [-0.05, 0) is 19.1 Å². The maximum atomic E-state index is 13.0. The standard InChI is InChI=1S/C10H9FO2/c1-6-8(11)3-2-7-9(12)4-5-13-10(6)7/h2-3H,4-5H2,1H3. The topological polar surface area (TPSA) is 26.3 Å². The van der Waals surface area contributed by atoms with Crippen molar-refractivity contribution in [3.8, 4) is 5.75 Å². The van der Waals surface area contributed by atoms with Gasteiger partial charge in [-0.25, -0.2) is 4.39 Å². The molecule has 1 heterocycles. The van der Waals surface area contributed by atoms with Gasteiger partial charge < -0.3 is 4.74 Å². The van der Waals surface area contributed by atoms with Gasteiger partial charge in [-0.15, -0.1) is 0 Å². The zero-order valence-corrected chi connectivity index (χ0v) is 7.26. The molecule has 2 rings (SSSR count). The van der Waals surface area contributed by atoms with E-state index in [1.807, 2.05) is 0 Å². The predicted molar refractivity (Wildman–Crippen MR) is 45.6 cm³/mol. The quantitative estimate of drug-likeness (QED) is 0.611. The van der Waals surface area contributed by atoms with Crippen molar-refractivity contribution < 1.29 is 13.9 Å². The zero-order chi connectivity index (χ0) is 9.42. The average molecular weight is 180 g/mol. The SMILES string of the molecule is Cc1c(F)ccc2c1OCCC2=O. The summed E-state index contributed by atoms with van der Waals surface area (Å²) < 4.78 is 18.3. The zero-order valence-electron chi connectivity index (χ0n) is 7.26. The Morgan fingerprint density at radius 3 is 3.00 bits per heavy atom. The molecule has 13 heavy (non-hydrogen) atoms. The molecule has 2 nitrogen and oxygen atoms in total. The highest BCUT2D eigenvalue weighted by molar-refractivity contribution is 6.00. The summed E-state index contributed by atoms with van der Waals surface area (Å²) in [6.07, 6.45) is 0.387. The van der Waals surface area contributed by atoms with Crippen LogP contribution in [0.4, 0.5) is 4.39 Å². The number of halogens is 1. The molecule has 0 aromatic heterocycles. The number of hydrogen-bond donors (Lipinski definition) is 0. The third-order valence-corrected chi connectivity index (χ3v) is 2.22. The molecule has 1 aromatic rings. The number of rotatable bonds is 0. The Hall–Kier alpha value is -1.38. The molecule has 0 fully saturated rings. The lowest BCUT2D eigenvalue weighted by molar-refractivity contribution is 0.0932. The third-order valence-electron chi connectivity index (χ3n) is 2.22. The van der Waals surface area contributed by atoms with E-state index in [2.05, 4.69) is 0 Å². The fraction of sp³-hybridized carbons (Fsp3) is 0.300. The van der Waals surface area contributed by atoms with Crippen LogP contribution in [0.15, 0.2) is 12.1 Å². The monoisotopic (exact) mass is 180 g/mol. The van der Waals surface area contributed by atoms with Crippen LogP contribution < -0.4 is 4.74 Å². The van der Waals surface area contributed by atoms with E-state index >= 15 is 0 Å². The van der Waals surface area contributed by atoms with Gasteiger partial charge in [0.05, 0.1) is 12.2 Å². The average Bonchev–Trinajstić information content (AvgIpc) is 2.12. The fourth-order valence-corrected chi connectivity index (χ4v) is 1.45. The third kappa shape index (κ3) is 1.20. The predicted octanol–water partition coefficient (Wildman–Crippen LogP) is 2.10. The second-order valence-corrected chi connectivity index (χ2v) is 3.07. The van der Waals surface area contributed by atoms with E-state index in [0.29, 0.717) is 29.9 Å². The molecule has 0 radical (unpaired) electrons. The minimum absolute atomic E-state index is 0.0318. The van der Waals surface area contributed by atoms with Crippen LogP contribution in [-0.2, 0) is 0 Å². The van der Waals surface area contributed by atoms with Crippen LogP contribution in [0, 0.1) is 12.7 Å². The largest absolute Gasteiger partial charge is 0.492 e. The molecule has 3 heteroatoms. The molecule has 0 atom stereocenters.